The molecule has 8 rings (SSSR count). The molecule has 242 valence electrons. The van der Waals surface area contributed by atoms with E-state index >= 15 is 4.39 Å². The third-order valence-corrected chi connectivity index (χ3v) is 10.0. The number of halogens is 3. The van der Waals surface area contributed by atoms with Gasteiger partial charge in [-0.05, 0) is 61.1 Å². The minimum absolute atomic E-state index is 0.135. The number of rotatable bonds is 8. The Kier molecular flexibility index (Phi) is 7.03. The molecule has 1 saturated heterocycles. The monoisotopic (exact) mass is 659 g/mol. The van der Waals surface area contributed by atoms with Crippen molar-refractivity contribution in [1.29, 1.82) is 0 Å². The Morgan fingerprint density at radius 1 is 1.09 bits per heavy atom. The van der Waals surface area contributed by atoms with Crippen molar-refractivity contribution in [2.75, 3.05) is 20.2 Å². The van der Waals surface area contributed by atoms with Gasteiger partial charge in [-0.1, -0.05) is 23.7 Å². The Morgan fingerprint density at radius 3 is 2.64 bits per heavy atom. The fourth-order valence-corrected chi connectivity index (χ4v) is 7.63. The van der Waals surface area contributed by atoms with Crippen molar-refractivity contribution in [2.45, 2.75) is 45.2 Å². The Bertz CT molecular complexity index is 2050. The van der Waals surface area contributed by atoms with Crippen LogP contribution in [0.5, 0.6) is 11.5 Å². The lowest BCUT2D eigenvalue weighted by Gasteiger charge is -2.24. The van der Waals surface area contributed by atoms with E-state index in [0.717, 1.165) is 30.9 Å². The van der Waals surface area contributed by atoms with E-state index in [4.69, 9.17) is 30.8 Å². The predicted octanol–water partition coefficient (Wildman–Crippen LogP) is 6.51. The summed E-state index contributed by atoms with van der Waals surface area (Å²) in [5.41, 5.74) is 3.18. The summed E-state index contributed by atoms with van der Waals surface area (Å²) in [7, 11) is 1.28. The molecular weight excluding hydrogens is 628 g/mol. The fourth-order valence-electron chi connectivity index (χ4n) is 7.47. The maximum Gasteiger partial charge on any atom is 0.338 e. The topological polar surface area (TPSA) is 83.6 Å². The lowest BCUT2D eigenvalue weighted by Crippen LogP contribution is -2.32. The van der Waals surface area contributed by atoms with Crippen LogP contribution in [0.2, 0.25) is 5.02 Å². The first kappa shape index (κ1) is 29.9. The summed E-state index contributed by atoms with van der Waals surface area (Å²) < 4.78 is 51.7. The first-order chi connectivity index (χ1) is 22.7. The van der Waals surface area contributed by atoms with E-state index in [1.807, 2.05) is 28.2 Å². The minimum Gasteiger partial charge on any atom is -0.465 e. The SMILES string of the molecule is CCn1cncc1Cn1c(CN2C[C@@H]3C(c4cccc5c4OC(C)(c4ccc(Cl)cc4F)O5)[C@@H]3C2)nc2c(F)cc(C(=O)OC)cc21. The van der Waals surface area contributed by atoms with E-state index in [2.05, 4.69) is 16.0 Å². The van der Waals surface area contributed by atoms with Gasteiger partial charge in [0.25, 0.3) is 5.79 Å². The molecule has 0 radical (unpaired) electrons. The number of aromatic nitrogens is 4. The number of ether oxygens (including phenoxy) is 3. The van der Waals surface area contributed by atoms with Gasteiger partial charge in [-0.15, -0.1) is 0 Å². The van der Waals surface area contributed by atoms with Crippen LogP contribution in [-0.2, 0) is 30.2 Å². The lowest BCUT2D eigenvalue weighted by atomic mass is 10.0. The largest absolute Gasteiger partial charge is 0.465 e. The third kappa shape index (κ3) is 4.94. The van der Waals surface area contributed by atoms with Crippen LogP contribution in [0.4, 0.5) is 8.78 Å². The second kappa shape index (κ2) is 11.1. The number of para-hydroxylation sites is 1. The highest BCUT2D eigenvalue weighted by Gasteiger charge is 2.58. The molecular formula is C35H32ClF2N5O4. The zero-order chi connectivity index (χ0) is 32.6. The Balaban J connectivity index is 1.04. The smallest absolute Gasteiger partial charge is 0.338 e. The molecule has 0 bridgehead atoms. The Hall–Kier alpha value is -4.48. The van der Waals surface area contributed by atoms with Crippen LogP contribution in [0.3, 0.4) is 0 Å². The number of imidazole rings is 2. The molecule has 2 aromatic heterocycles. The van der Waals surface area contributed by atoms with Gasteiger partial charge in [-0.25, -0.2) is 23.5 Å². The van der Waals surface area contributed by atoms with Crippen molar-refractivity contribution in [2.24, 2.45) is 11.8 Å². The lowest BCUT2D eigenvalue weighted by molar-refractivity contribution is -0.0710. The number of fused-ring (bicyclic) bond motifs is 3. The van der Waals surface area contributed by atoms with E-state index < -0.39 is 23.4 Å². The summed E-state index contributed by atoms with van der Waals surface area (Å²) in [6, 6.07) is 13.2. The normalized spacial score (nSPS) is 23.0. The summed E-state index contributed by atoms with van der Waals surface area (Å²) in [5, 5.41) is 0.306. The summed E-state index contributed by atoms with van der Waals surface area (Å²) >= 11 is 5.99. The highest BCUT2D eigenvalue weighted by atomic mass is 35.5. The Morgan fingerprint density at radius 2 is 1.89 bits per heavy atom. The molecule has 1 aliphatic carbocycles. The molecule has 3 aromatic carbocycles. The van der Waals surface area contributed by atoms with Crippen molar-refractivity contribution in [3.05, 3.63) is 106 Å². The van der Waals surface area contributed by atoms with Gasteiger partial charge in [-0.3, -0.25) is 4.90 Å². The number of likely N-dealkylation sites (tertiary alicyclic amines) is 1. The number of benzene rings is 3. The van der Waals surface area contributed by atoms with Crippen LogP contribution in [0.1, 0.15) is 52.8 Å². The maximum atomic E-state index is 15.3. The van der Waals surface area contributed by atoms with Gasteiger partial charge in [-0.2, -0.15) is 0 Å². The van der Waals surface area contributed by atoms with Crippen LogP contribution < -0.4 is 9.47 Å². The molecule has 4 heterocycles. The molecule has 0 spiro atoms. The zero-order valence-corrected chi connectivity index (χ0v) is 26.8. The quantitative estimate of drug-likeness (QED) is 0.176. The van der Waals surface area contributed by atoms with E-state index in [9.17, 15) is 9.18 Å². The van der Waals surface area contributed by atoms with Gasteiger partial charge in [0.05, 0.1) is 48.9 Å². The molecule has 47 heavy (non-hydrogen) atoms. The molecule has 3 aliphatic rings. The van der Waals surface area contributed by atoms with Gasteiger partial charge >= 0.3 is 5.97 Å². The maximum absolute atomic E-state index is 15.3. The number of methoxy groups -OCH3 is 1. The van der Waals surface area contributed by atoms with Gasteiger partial charge in [0, 0.05) is 43.3 Å². The highest BCUT2D eigenvalue weighted by molar-refractivity contribution is 6.30. The summed E-state index contributed by atoms with van der Waals surface area (Å²) in [6.45, 7) is 7.09. The van der Waals surface area contributed by atoms with Crippen LogP contribution >= 0.6 is 11.6 Å². The van der Waals surface area contributed by atoms with E-state index in [0.29, 0.717) is 52.8 Å². The van der Waals surface area contributed by atoms with Crippen LogP contribution in [0, 0.1) is 23.5 Å². The van der Waals surface area contributed by atoms with Gasteiger partial charge < -0.3 is 23.3 Å². The van der Waals surface area contributed by atoms with E-state index in [1.54, 1.807) is 37.6 Å². The van der Waals surface area contributed by atoms with Crippen molar-refractivity contribution < 1.29 is 27.8 Å². The Labute approximate surface area is 274 Å². The number of carbonyl (C=O) groups excluding carboxylic acids is 1. The molecule has 2 aliphatic heterocycles. The first-order valence-corrected chi connectivity index (χ1v) is 16.0. The van der Waals surface area contributed by atoms with Gasteiger partial charge in [0.2, 0.25) is 0 Å². The first-order valence-electron chi connectivity index (χ1n) is 15.6. The predicted molar refractivity (Wildman–Crippen MR) is 169 cm³/mol. The number of hydrogen-bond acceptors (Lipinski definition) is 7. The molecule has 9 nitrogen and oxygen atoms in total. The number of nitrogens with zero attached hydrogens (tertiary/aromatic N) is 5. The summed E-state index contributed by atoms with van der Waals surface area (Å²) in [4.78, 5) is 23.7. The number of hydrogen-bond donors (Lipinski definition) is 0. The molecule has 1 saturated carbocycles. The van der Waals surface area contributed by atoms with Crippen LogP contribution in [0.25, 0.3) is 11.0 Å². The standard InChI is InChI=1S/C35H32ClF2N5O4/c1-4-42-18-39-13-21(42)14-43-28-11-19(34(44)45-3)10-27(38)32(28)40-30(43)17-41-15-23-24(16-41)31(23)22-6-5-7-29-33(22)47-35(2,46-29)25-9-8-20(36)12-26(25)37/h5-13,18,23-24,31H,4,14-17H2,1-3H3/t23-,24+,31?,35?. The van der Waals surface area contributed by atoms with Crippen molar-refractivity contribution >= 4 is 28.6 Å². The average molecular weight is 660 g/mol. The number of piperidine rings is 1. The number of esters is 1. The van der Waals surface area contributed by atoms with Crippen molar-refractivity contribution in [3.8, 4) is 11.5 Å². The van der Waals surface area contributed by atoms with Crippen LogP contribution in [-0.4, -0.2) is 50.2 Å². The average Bonchev–Trinajstić information content (AvgIpc) is 3.53. The second-order valence-corrected chi connectivity index (χ2v) is 13.0. The molecule has 12 heteroatoms. The molecule has 0 amide bonds. The van der Waals surface area contributed by atoms with Crippen molar-refractivity contribution in [1.82, 2.24) is 24.0 Å². The molecule has 5 aromatic rings. The second-order valence-electron chi connectivity index (χ2n) is 12.6. The molecule has 4 atom stereocenters. The fraction of sp³-hybridized carbons (Fsp3) is 0.343. The minimum atomic E-state index is -1.31. The number of carbonyl (C=O) groups is 1. The zero-order valence-electron chi connectivity index (χ0n) is 26.0. The number of aryl methyl sites for hydroxylation is 1. The van der Waals surface area contributed by atoms with E-state index in [1.165, 1.54) is 19.2 Å². The van der Waals surface area contributed by atoms with Crippen LogP contribution in [0.15, 0.2) is 61.1 Å². The molecule has 2 fully saturated rings. The summed E-state index contributed by atoms with van der Waals surface area (Å²) in [6.07, 6.45) is 3.57. The van der Waals surface area contributed by atoms with Gasteiger partial charge in [0.1, 0.15) is 17.2 Å². The molecule has 0 N–H and O–H groups in total. The summed E-state index contributed by atoms with van der Waals surface area (Å²) in [5.74, 6) is 0.0547. The van der Waals surface area contributed by atoms with Gasteiger partial charge in [0.15, 0.2) is 17.3 Å². The van der Waals surface area contributed by atoms with Crippen molar-refractivity contribution in [3.63, 3.8) is 0 Å². The third-order valence-electron chi connectivity index (χ3n) is 9.79. The van der Waals surface area contributed by atoms with E-state index in [-0.39, 0.29) is 22.6 Å². The highest BCUT2D eigenvalue weighted by Crippen LogP contribution is 2.62. The molecule has 2 unspecified atom stereocenters.